The number of aryl methyl sites for hydroxylation is 1. The van der Waals surface area contributed by atoms with Crippen LogP contribution in [0.2, 0.25) is 0 Å². The molecule has 3 N–H and O–H groups in total. The highest BCUT2D eigenvalue weighted by atomic mass is 32.1. The predicted octanol–water partition coefficient (Wildman–Crippen LogP) is 1.87. The summed E-state index contributed by atoms with van der Waals surface area (Å²) in [7, 11) is 0. The Morgan fingerprint density at radius 2 is 2.20 bits per heavy atom. The van der Waals surface area contributed by atoms with Crippen LogP contribution in [0.3, 0.4) is 0 Å². The van der Waals surface area contributed by atoms with Crippen molar-refractivity contribution in [1.82, 2.24) is 4.98 Å². The summed E-state index contributed by atoms with van der Waals surface area (Å²) in [5, 5.41) is 0. The van der Waals surface area contributed by atoms with Crippen LogP contribution in [-0.2, 0) is 6.42 Å². The maximum atomic E-state index is 11.1. The lowest BCUT2D eigenvalue weighted by Crippen LogP contribution is -1.98. The van der Waals surface area contributed by atoms with Crippen LogP contribution in [0.15, 0.2) is 23.0 Å². The molecule has 0 amide bonds. The number of H-pyrrole nitrogens is 1. The van der Waals surface area contributed by atoms with E-state index < -0.39 is 0 Å². The van der Waals surface area contributed by atoms with Gasteiger partial charge in [0.1, 0.15) is 0 Å². The fraction of sp³-hybridized carbons (Fsp3) is 0.364. The zero-order valence-electron chi connectivity index (χ0n) is 8.45. The molecule has 0 atom stereocenters. The van der Waals surface area contributed by atoms with E-state index in [2.05, 4.69) is 17.1 Å². The molecule has 0 aliphatic rings. The Balaban J connectivity index is 2.19. The molecule has 1 aromatic heterocycles. The van der Waals surface area contributed by atoms with E-state index in [4.69, 9.17) is 5.73 Å². The molecule has 15 heavy (non-hydrogen) atoms. The van der Waals surface area contributed by atoms with Crippen molar-refractivity contribution in [2.75, 3.05) is 6.54 Å². The largest absolute Gasteiger partial charge is 0.330 e. The Kier molecular flexibility index (Phi) is 3.18. The number of nitrogens with two attached hydrogens (primary N) is 1. The lowest BCUT2D eigenvalue weighted by Gasteiger charge is -1.99. The minimum absolute atomic E-state index is 0.0177. The van der Waals surface area contributed by atoms with Crippen molar-refractivity contribution in [3.63, 3.8) is 0 Å². The number of rotatable bonds is 4. The van der Waals surface area contributed by atoms with Crippen LogP contribution < -0.4 is 10.6 Å². The van der Waals surface area contributed by atoms with Crippen LogP contribution in [0.5, 0.6) is 0 Å². The van der Waals surface area contributed by atoms with Crippen molar-refractivity contribution in [1.29, 1.82) is 0 Å². The molecule has 0 fully saturated rings. The zero-order valence-corrected chi connectivity index (χ0v) is 9.27. The van der Waals surface area contributed by atoms with Crippen LogP contribution in [-0.4, -0.2) is 11.5 Å². The van der Waals surface area contributed by atoms with Crippen LogP contribution in [0.25, 0.3) is 10.2 Å². The minimum Gasteiger partial charge on any atom is -0.330 e. The van der Waals surface area contributed by atoms with Gasteiger partial charge in [0.15, 0.2) is 0 Å². The van der Waals surface area contributed by atoms with Crippen molar-refractivity contribution in [3.05, 3.63) is 33.4 Å². The first kappa shape index (κ1) is 10.4. The second-order valence-electron chi connectivity index (χ2n) is 3.59. The van der Waals surface area contributed by atoms with Crippen LogP contribution in [0.4, 0.5) is 0 Å². The smallest absolute Gasteiger partial charge is 0.305 e. The van der Waals surface area contributed by atoms with E-state index in [0.29, 0.717) is 0 Å². The number of fused-ring (bicyclic) bond motifs is 1. The summed E-state index contributed by atoms with van der Waals surface area (Å²) in [6.45, 7) is 0.750. The summed E-state index contributed by atoms with van der Waals surface area (Å²) in [4.78, 5) is 13.9. The van der Waals surface area contributed by atoms with Gasteiger partial charge in [-0.15, -0.1) is 0 Å². The van der Waals surface area contributed by atoms with E-state index in [0.717, 1.165) is 36.0 Å². The van der Waals surface area contributed by atoms with E-state index in [-0.39, 0.29) is 4.87 Å². The van der Waals surface area contributed by atoms with E-state index in [1.54, 1.807) is 0 Å². The van der Waals surface area contributed by atoms with Gasteiger partial charge in [0.05, 0.1) is 10.2 Å². The van der Waals surface area contributed by atoms with Gasteiger partial charge in [-0.1, -0.05) is 17.4 Å². The van der Waals surface area contributed by atoms with Gasteiger partial charge in [-0.2, -0.15) is 0 Å². The van der Waals surface area contributed by atoms with Gasteiger partial charge in [0.2, 0.25) is 0 Å². The third kappa shape index (κ3) is 2.46. The van der Waals surface area contributed by atoms with Gasteiger partial charge in [-0.25, -0.2) is 0 Å². The fourth-order valence-corrected chi connectivity index (χ4v) is 2.42. The Hall–Kier alpha value is -1.13. The number of aromatic nitrogens is 1. The summed E-state index contributed by atoms with van der Waals surface area (Å²) in [6.07, 6.45) is 3.21. The third-order valence-electron chi connectivity index (χ3n) is 2.40. The van der Waals surface area contributed by atoms with Crippen LogP contribution >= 0.6 is 11.3 Å². The Labute approximate surface area is 91.9 Å². The average molecular weight is 222 g/mol. The molecule has 2 aromatic rings. The lowest BCUT2D eigenvalue weighted by atomic mass is 10.1. The van der Waals surface area contributed by atoms with Gasteiger partial charge < -0.3 is 10.7 Å². The van der Waals surface area contributed by atoms with Gasteiger partial charge in [0, 0.05) is 0 Å². The molecular formula is C11H14N2OS. The lowest BCUT2D eigenvalue weighted by molar-refractivity contribution is 0.745. The molecule has 0 unspecified atom stereocenters. The number of unbranched alkanes of at least 4 members (excludes halogenated alkanes) is 1. The normalized spacial score (nSPS) is 11.0. The molecule has 0 spiro atoms. The summed E-state index contributed by atoms with van der Waals surface area (Å²) in [6, 6.07) is 6.14. The SMILES string of the molecule is NCCCCc1ccc2[nH]c(=O)sc2c1. The molecule has 0 aliphatic heterocycles. The van der Waals surface area contributed by atoms with Gasteiger partial charge in [0.25, 0.3) is 0 Å². The second-order valence-corrected chi connectivity index (χ2v) is 4.61. The topological polar surface area (TPSA) is 58.9 Å². The second kappa shape index (κ2) is 4.59. The monoisotopic (exact) mass is 222 g/mol. The number of benzene rings is 1. The summed E-state index contributed by atoms with van der Waals surface area (Å²) < 4.78 is 1.05. The minimum atomic E-state index is 0.0177. The number of thiazole rings is 1. The average Bonchev–Trinajstić information content (AvgIpc) is 2.57. The van der Waals surface area contributed by atoms with E-state index in [9.17, 15) is 4.79 Å². The molecule has 1 aromatic carbocycles. The first-order chi connectivity index (χ1) is 7.29. The molecule has 0 radical (unpaired) electrons. The molecule has 0 aliphatic carbocycles. The van der Waals surface area contributed by atoms with E-state index in [1.807, 2.05) is 6.07 Å². The number of hydrogen-bond acceptors (Lipinski definition) is 3. The number of hydrogen-bond donors (Lipinski definition) is 2. The summed E-state index contributed by atoms with van der Waals surface area (Å²) >= 11 is 1.27. The predicted molar refractivity (Wildman–Crippen MR) is 64.4 cm³/mol. The molecule has 0 saturated heterocycles. The Morgan fingerprint density at radius 3 is 3.00 bits per heavy atom. The molecule has 80 valence electrons. The highest BCUT2D eigenvalue weighted by Gasteiger charge is 2.00. The highest BCUT2D eigenvalue weighted by molar-refractivity contribution is 7.16. The summed E-state index contributed by atoms with van der Waals surface area (Å²) in [5.74, 6) is 0. The Bertz CT molecular complexity index is 501. The molecule has 0 saturated carbocycles. The molecule has 4 heteroatoms. The standard InChI is InChI=1S/C11H14N2OS/c12-6-2-1-3-8-4-5-9-10(7-8)15-11(14)13-9/h4-5,7H,1-3,6,12H2,(H,13,14). The Morgan fingerprint density at radius 1 is 1.33 bits per heavy atom. The first-order valence-electron chi connectivity index (χ1n) is 5.11. The molecule has 2 rings (SSSR count). The van der Waals surface area contributed by atoms with Crippen molar-refractivity contribution < 1.29 is 0 Å². The van der Waals surface area contributed by atoms with Gasteiger partial charge in [-0.05, 0) is 43.5 Å². The van der Waals surface area contributed by atoms with Crippen molar-refractivity contribution in [2.24, 2.45) is 5.73 Å². The maximum absolute atomic E-state index is 11.1. The van der Waals surface area contributed by atoms with Crippen LogP contribution in [0.1, 0.15) is 18.4 Å². The van der Waals surface area contributed by atoms with Crippen molar-refractivity contribution in [3.8, 4) is 0 Å². The third-order valence-corrected chi connectivity index (χ3v) is 3.25. The first-order valence-corrected chi connectivity index (χ1v) is 5.93. The maximum Gasteiger partial charge on any atom is 0.305 e. The number of aromatic amines is 1. The quantitative estimate of drug-likeness (QED) is 0.776. The van der Waals surface area contributed by atoms with Gasteiger partial charge >= 0.3 is 4.87 Å². The molecule has 3 nitrogen and oxygen atoms in total. The molecular weight excluding hydrogens is 208 g/mol. The van der Waals surface area contributed by atoms with E-state index >= 15 is 0 Å². The zero-order chi connectivity index (χ0) is 10.7. The fourth-order valence-electron chi connectivity index (χ4n) is 1.62. The van der Waals surface area contributed by atoms with Crippen molar-refractivity contribution >= 4 is 21.6 Å². The van der Waals surface area contributed by atoms with Gasteiger partial charge in [-0.3, -0.25) is 4.79 Å². The molecule has 0 bridgehead atoms. The highest BCUT2D eigenvalue weighted by Crippen LogP contribution is 2.17. The van der Waals surface area contributed by atoms with Crippen molar-refractivity contribution in [2.45, 2.75) is 19.3 Å². The molecule has 1 heterocycles. The van der Waals surface area contributed by atoms with E-state index in [1.165, 1.54) is 16.9 Å². The summed E-state index contributed by atoms with van der Waals surface area (Å²) in [5.41, 5.74) is 7.66. The van der Waals surface area contributed by atoms with Crippen LogP contribution in [0, 0.1) is 0 Å². The number of nitrogens with one attached hydrogen (secondary N) is 1.